The second-order valence-corrected chi connectivity index (χ2v) is 10.1. The van der Waals surface area contributed by atoms with Crippen LogP contribution < -0.4 is 14.4 Å². The molecule has 0 aliphatic carbocycles. The van der Waals surface area contributed by atoms with Crippen LogP contribution in [0.1, 0.15) is 0 Å². The van der Waals surface area contributed by atoms with Gasteiger partial charge in [0.25, 0.3) is 5.91 Å². The molecule has 2 heterocycles. The number of benzene rings is 2. The first-order valence-corrected chi connectivity index (χ1v) is 11.7. The summed E-state index contributed by atoms with van der Waals surface area (Å²) < 4.78 is 34.9. The van der Waals surface area contributed by atoms with Gasteiger partial charge in [0.15, 0.2) is 21.6 Å². The van der Waals surface area contributed by atoms with E-state index in [2.05, 4.69) is 4.99 Å². The van der Waals surface area contributed by atoms with E-state index in [4.69, 9.17) is 9.47 Å². The second-order valence-electron chi connectivity index (χ2n) is 6.76. The van der Waals surface area contributed by atoms with Crippen molar-refractivity contribution >= 4 is 38.4 Å². The van der Waals surface area contributed by atoms with E-state index in [9.17, 15) is 13.2 Å². The molecule has 7 nitrogen and oxygen atoms in total. The van der Waals surface area contributed by atoms with Crippen LogP contribution >= 0.6 is 11.8 Å². The number of aliphatic imine (C=N–C) groups is 1. The normalized spacial score (nSPS) is 23.8. The molecule has 2 atom stereocenters. The number of hydrogen-bond donors (Lipinski definition) is 0. The van der Waals surface area contributed by atoms with Crippen LogP contribution in [0.3, 0.4) is 0 Å². The molecular formula is C20H20N2O5S2. The molecule has 0 radical (unpaired) electrons. The summed E-state index contributed by atoms with van der Waals surface area (Å²) in [6.45, 7) is -0.182. The number of anilines is 1. The van der Waals surface area contributed by atoms with Gasteiger partial charge in [-0.15, -0.1) is 0 Å². The van der Waals surface area contributed by atoms with Crippen molar-refractivity contribution in [1.82, 2.24) is 0 Å². The van der Waals surface area contributed by atoms with Gasteiger partial charge in [0.05, 0.1) is 24.7 Å². The number of amidine groups is 1. The first-order chi connectivity index (χ1) is 13.9. The van der Waals surface area contributed by atoms with Crippen LogP contribution in [-0.2, 0) is 14.6 Å². The van der Waals surface area contributed by atoms with Gasteiger partial charge in [0.1, 0.15) is 11.5 Å². The van der Waals surface area contributed by atoms with Crippen LogP contribution in [-0.4, -0.2) is 56.0 Å². The number of carbonyl (C=O) groups excluding carboxylic acids is 1. The van der Waals surface area contributed by atoms with E-state index in [0.29, 0.717) is 16.7 Å². The summed E-state index contributed by atoms with van der Waals surface area (Å²) in [5.41, 5.74) is 0.776. The largest absolute Gasteiger partial charge is 0.497 e. The van der Waals surface area contributed by atoms with Crippen molar-refractivity contribution in [2.75, 3.05) is 30.1 Å². The van der Waals surface area contributed by atoms with Crippen molar-refractivity contribution in [3.8, 4) is 11.5 Å². The van der Waals surface area contributed by atoms with Gasteiger partial charge in [-0.1, -0.05) is 30.0 Å². The zero-order valence-corrected chi connectivity index (χ0v) is 17.4. The third kappa shape index (κ3) is 4.40. The van der Waals surface area contributed by atoms with Crippen LogP contribution in [0.2, 0.25) is 0 Å². The maximum Gasteiger partial charge on any atom is 0.285 e. The van der Waals surface area contributed by atoms with E-state index in [1.54, 1.807) is 31.4 Å². The monoisotopic (exact) mass is 432 g/mol. The highest BCUT2D eigenvalue weighted by atomic mass is 32.2. The average molecular weight is 433 g/mol. The van der Waals surface area contributed by atoms with E-state index < -0.39 is 15.7 Å². The van der Waals surface area contributed by atoms with Crippen LogP contribution in [0.25, 0.3) is 0 Å². The highest BCUT2D eigenvalue weighted by molar-refractivity contribution is 8.16. The predicted molar refractivity (Wildman–Crippen MR) is 114 cm³/mol. The molecule has 9 heteroatoms. The van der Waals surface area contributed by atoms with Crippen LogP contribution in [0, 0.1) is 0 Å². The van der Waals surface area contributed by atoms with Crippen LogP contribution in [0.15, 0.2) is 59.6 Å². The molecule has 4 rings (SSSR count). The standard InChI is InChI=1S/C20H20N2O5S2/c1-26-15-9-7-14(8-10-15)22-17-12-29(24,25)13-18(17)28-20(22)21-19(23)11-27-16-5-3-2-4-6-16/h2-10,17-18H,11-13H2,1H3/t17-,18-/m1/s1. The third-order valence-electron chi connectivity index (χ3n) is 4.74. The van der Waals surface area contributed by atoms with Gasteiger partial charge in [0, 0.05) is 10.9 Å². The van der Waals surface area contributed by atoms with Gasteiger partial charge < -0.3 is 14.4 Å². The Morgan fingerprint density at radius 3 is 2.52 bits per heavy atom. The highest BCUT2D eigenvalue weighted by Crippen LogP contribution is 2.41. The van der Waals surface area contributed by atoms with Gasteiger partial charge in [0.2, 0.25) is 0 Å². The Morgan fingerprint density at radius 2 is 1.83 bits per heavy atom. The number of amides is 1. The zero-order valence-electron chi connectivity index (χ0n) is 15.7. The molecule has 2 aromatic rings. The number of carbonyl (C=O) groups is 1. The molecule has 0 N–H and O–H groups in total. The van der Waals surface area contributed by atoms with Gasteiger partial charge >= 0.3 is 0 Å². The summed E-state index contributed by atoms with van der Waals surface area (Å²) in [4.78, 5) is 18.5. The Bertz CT molecular complexity index is 1020. The minimum atomic E-state index is -3.11. The second kappa shape index (κ2) is 8.08. The Balaban J connectivity index is 1.57. The lowest BCUT2D eigenvalue weighted by Gasteiger charge is -2.24. The maximum absolute atomic E-state index is 12.4. The topological polar surface area (TPSA) is 85.3 Å². The molecule has 0 spiro atoms. The minimum Gasteiger partial charge on any atom is -0.497 e. The number of sulfone groups is 1. The predicted octanol–water partition coefficient (Wildman–Crippen LogP) is 2.38. The lowest BCUT2D eigenvalue weighted by atomic mass is 10.2. The Labute approximate surface area is 173 Å². The molecule has 2 aliphatic rings. The van der Waals surface area contributed by atoms with Crippen LogP contribution in [0.4, 0.5) is 5.69 Å². The summed E-state index contributed by atoms with van der Waals surface area (Å²) in [5, 5.41) is 0.352. The third-order valence-corrected chi connectivity index (χ3v) is 7.95. The number of rotatable bonds is 5. The number of nitrogens with zero attached hydrogens (tertiary/aromatic N) is 2. The molecule has 1 amide bonds. The molecule has 2 aromatic carbocycles. The van der Waals surface area contributed by atoms with Gasteiger partial charge in [-0.05, 0) is 36.4 Å². The van der Waals surface area contributed by atoms with Gasteiger partial charge in [-0.3, -0.25) is 4.79 Å². The molecule has 0 aromatic heterocycles. The lowest BCUT2D eigenvalue weighted by Crippen LogP contribution is -2.37. The first kappa shape index (κ1) is 19.8. The first-order valence-electron chi connectivity index (χ1n) is 9.05. The lowest BCUT2D eigenvalue weighted by molar-refractivity contribution is -0.119. The van der Waals surface area contributed by atoms with Crippen molar-refractivity contribution in [3.05, 3.63) is 54.6 Å². The molecule has 0 unspecified atom stereocenters. The van der Waals surface area contributed by atoms with Crippen molar-refractivity contribution < 1.29 is 22.7 Å². The number of fused-ring (bicyclic) bond motifs is 1. The summed E-state index contributed by atoms with van der Waals surface area (Å²) >= 11 is 1.34. The molecule has 2 aliphatic heterocycles. The number of methoxy groups -OCH3 is 1. The SMILES string of the molecule is COc1ccc(N2C(=NC(=O)COc3ccccc3)S[C@@H]3CS(=O)(=O)C[C@H]32)cc1. The fourth-order valence-corrected chi connectivity index (χ4v) is 7.34. The van der Waals surface area contributed by atoms with Crippen molar-refractivity contribution in [2.24, 2.45) is 4.99 Å². The molecule has 0 saturated carbocycles. The Kier molecular flexibility index (Phi) is 5.51. The van der Waals surface area contributed by atoms with Crippen molar-refractivity contribution in [2.45, 2.75) is 11.3 Å². The fraction of sp³-hybridized carbons (Fsp3) is 0.300. The van der Waals surface area contributed by atoms with E-state index in [1.165, 1.54) is 11.8 Å². The highest BCUT2D eigenvalue weighted by Gasteiger charge is 2.49. The maximum atomic E-state index is 12.4. The molecule has 152 valence electrons. The van der Waals surface area contributed by atoms with E-state index in [0.717, 1.165) is 5.69 Å². The molecule has 0 bridgehead atoms. The minimum absolute atomic E-state index is 0.0461. The average Bonchev–Trinajstić information content (AvgIpc) is 3.18. The Morgan fingerprint density at radius 1 is 1.10 bits per heavy atom. The summed E-state index contributed by atoms with van der Waals surface area (Å²) in [6, 6.07) is 16.1. The van der Waals surface area contributed by atoms with Crippen molar-refractivity contribution in [3.63, 3.8) is 0 Å². The smallest absolute Gasteiger partial charge is 0.285 e. The van der Waals surface area contributed by atoms with Gasteiger partial charge in [-0.2, -0.15) is 4.99 Å². The number of thioether (sulfide) groups is 1. The fourth-order valence-electron chi connectivity index (χ4n) is 3.41. The molecular weight excluding hydrogens is 412 g/mol. The molecule has 29 heavy (non-hydrogen) atoms. The summed E-state index contributed by atoms with van der Waals surface area (Å²) in [5.74, 6) is 1.00. The number of para-hydroxylation sites is 1. The van der Waals surface area contributed by atoms with Crippen molar-refractivity contribution in [1.29, 1.82) is 0 Å². The van der Waals surface area contributed by atoms with Gasteiger partial charge in [-0.25, -0.2) is 8.42 Å². The van der Waals surface area contributed by atoms with E-state index in [1.807, 2.05) is 35.2 Å². The number of ether oxygens (including phenoxy) is 2. The van der Waals surface area contributed by atoms with Crippen LogP contribution in [0.5, 0.6) is 11.5 Å². The Hall–Kier alpha value is -2.52. The zero-order chi connectivity index (χ0) is 20.4. The quantitative estimate of drug-likeness (QED) is 0.717. The number of hydrogen-bond acceptors (Lipinski definition) is 6. The molecule has 2 saturated heterocycles. The van der Waals surface area contributed by atoms with E-state index >= 15 is 0 Å². The summed E-state index contributed by atoms with van der Waals surface area (Å²) in [7, 11) is -1.53. The van der Waals surface area contributed by atoms with E-state index in [-0.39, 0.29) is 29.4 Å². The summed E-state index contributed by atoms with van der Waals surface area (Å²) in [6.07, 6.45) is 0. The molecule has 2 fully saturated rings.